The molecule has 7 heteroatoms. The smallest absolute Gasteiger partial charge is 0.407 e. The van der Waals surface area contributed by atoms with Crippen LogP contribution in [0.25, 0.3) is 11.1 Å². The standard InChI is InChI=1S/C28H30N2O5/c1-2-12-28(25(32)33)17-30(18-28)24(31)27(13-7-14-27)16-29-26(34)35-15-23-21-10-5-3-8-19(21)20-9-4-6-11-22(20)23/h2-6,8-11,23H,1,7,12-18H2,(H,29,34)(H,32,33). The summed E-state index contributed by atoms with van der Waals surface area (Å²) < 4.78 is 5.62. The molecule has 5 rings (SSSR count). The number of carbonyl (C=O) groups is 3. The van der Waals surface area contributed by atoms with E-state index < -0.39 is 22.9 Å². The average Bonchev–Trinajstić information content (AvgIpc) is 3.12. The van der Waals surface area contributed by atoms with E-state index in [9.17, 15) is 19.5 Å². The van der Waals surface area contributed by atoms with E-state index in [0.29, 0.717) is 19.3 Å². The minimum atomic E-state index is -0.942. The Labute approximate surface area is 204 Å². The van der Waals surface area contributed by atoms with Gasteiger partial charge in [0, 0.05) is 25.6 Å². The molecule has 35 heavy (non-hydrogen) atoms. The maximum atomic E-state index is 13.2. The SMILES string of the molecule is C=CCC1(C(=O)O)CN(C(=O)C2(CNC(=O)OCC3c4ccccc4-c4ccccc43)CCC2)C1. The van der Waals surface area contributed by atoms with Crippen molar-refractivity contribution >= 4 is 18.0 Å². The maximum Gasteiger partial charge on any atom is 0.407 e. The van der Waals surface area contributed by atoms with Gasteiger partial charge < -0.3 is 20.1 Å². The van der Waals surface area contributed by atoms with Crippen LogP contribution in [-0.4, -0.2) is 54.2 Å². The number of allylic oxidation sites excluding steroid dienone is 1. The van der Waals surface area contributed by atoms with Crippen molar-refractivity contribution in [2.75, 3.05) is 26.2 Å². The van der Waals surface area contributed by atoms with Crippen LogP contribution in [0.15, 0.2) is 61.2 Å². The molecule has 1 aliphatic heterocycles. The number of carbonyl (C=O) groups excluding carboxylic acids is 2. The number of nitrogens with zero attached hydrogens (tertiary/aromatic N) is 1. The van der Waals surface area contributed by atoms with Crippen molar-refractivity contribution in [3.05, 3.63) is 72.3 Å². The lowest BCUT2D eigenvalue weighted by atomic mass is 9.66. The quantitative estimate of drug-likeness (QED) is 0.560. The minimum absolute atomic E-state index is 0.0254. The zero-order valence-electron chi connectivity index (χ0n) is 19.7. The first-order valence-electron chi connectivity index (χ1n) is 12.1. The van der Waals surface area contributed by atoms with E-state index >= 15 is 0 Å². The lowest BCUT2D eigenvalue weighted by molar-refractivity contribution is -0.172. The number of hydrogen-bond acceptors (Lipinski definition) is 4. The number of rotatable bonds is 8. The van der Waals surface area contributed by atoms with E-state index in [1.165, 1.54) is 11.1 Å². The summed E-state index contributed by atoms with van der Waals surface area (Å²) in [6.07, 6.45) is 3.63. The van der Waals surface area contributed by atoms with Crippen LogP contribution in [0.4, 0.5) is 4.79 Å². The molecule has 0 bridgehead atoms. The molecule has 2 aromatic rings. The molecule has 1 heterocycles. The second-order valence-corrected chi connectivity index (χ2v) is 10.1. The van der Waals surface area contributed by atoms with Crippen molar-refractivity contribution in [1.29, 1.82) is 0 Å². The van der Waals surface area contributed by atoms with Crippen molar-refractivity contribution < 1.29 is 24.2 Å². The van der Waals surface area contributed by atoms with Crippen LogP contribution in [0.1, 0.15) is 42.7 Å². The fraction of sp³-hybridized carbons (Fsp3) is 0.393. The molecule has 2 N–H and O–H groups in total. The number of amides is 2. The summed E-state index contributed by atoms with van der Waals surface area (Å²) in [4.78, 5) is 39.1. The fourth-order valence-electron chi connectivity index (χ4n) is 5.75. The lowest BCUT2D eigenvalue weighted by Crippen LogP contribution is -2.66. The number of benzene rings is 2. The fourth-order valence-corrected chi connectivity index (χ4v) is 5.75. The minimum Gasteiger partial charge on any atom is -0.481 e. The topological polar surface area (TPSA) is 95.9 Å². The van der Waals surface area contributed by atoms with Gasteiger partial charge in [-0.3, -0.25) is 9.59 Å². The second-order valence-electron chi connectivity index (χ2n) is 10.1. The van der Waals surface area contributed by atoms with Crippen molar-refractivity contribution in [1.82, 2.24) is 10.2 Å². The van der Waals surface area contributed by atoms with E-state index in [-0.39, 0.29) is 38.1 Å². The summed E-state index contributed by atoms with van der Waals surface area (Å²) in [7, 11) is 0. The third-order valence-corrected chi connectivity index (χ3v) is 7.94. The van der Waals surface area contributed by atoms with Gasteiger partial charge in [-0.05, 0) is 41.5 Å². The van der Waals surface area contributed by atoms with Gasteiger partial charge in [-0.2, -0.15) is 0 Å². The Morgan fingerprint density at radius 1 is 1.03 bits per heavy atom. The number of carboxylic acids is 1. The van der Waals surface area contributed by atoms with Crippen molar-refractivity contribution in [3.63, 3.8) is 0 Å². The van der Waals surface area contributed by atoms with Gasteiger partial charge in [0.05, 0.1) is 5.41 Å². The maximum absolute atomic E-state index is 13.2. The Bertz CT molecular complexity index is 1130. The van der Waals surface area contributed by atoms with Crippen LogP contribution in [0.3, 0.4) is 0 Å². The van der Waals surface area contributed by atoms with Gasteiger partial charge in [-0.1, -0.05) is 61.0 Å². The van der Waals surface area contributed by atoms with Gasteiger partial charge in [0.1, 0.15) is 12.0 Å². The Morgan fingerprint density at radius 3 is 2.14 bits per heavy atom. The Morgan fingerprint density at radius 2 is 1.63 bits per heavy atom. The summed E-state index contributed by atoms with van der Waals surface area (Å²) in [6, 6.07) is 16.3. The summed E-state index contributed by atoms with van der Waals surface area (Å²) in [5.74, 6) is -1.01. The van der Waals surface area contributed by atoms with Crippen LogP contribution in [-0.2, 0) is 14.3 Å². The molecular formula is C28H30N2O5. The van der Waals surface area contributed by atoms with Crippen LogP contribution in [0.5, 0.6) is 0 Å². The number of aliphatic carboxylic acids is 1. The zero-order chi connectivity index (χ0) is 24.6. The second kappa shape index (κ2) is 8.87. The molecule has 2 aromatic carbocycles. The van der Waals surface area contributed by atoms with Gasteiger partial charge >= 0.3 is 12.1 Å². The number of ether oxygens (including phenoxy) is 1. The van der Waals surface area contributed by atoms with Crippen molar-refractivity contribution in [2.24, 2.45) is 10.8 Å². The molecule has 7 nitrogen and oxygen atoms in total. The first-order valence-corrected chi connectivity index (χ1v) is 12.1. The molecule has 2 amide bonds. The number of carboxylic acid groups (broad SMARTS) is 1. The monoisotopic (exact) mass is 474 g/mol. The number of hydrogen-bond donors (Lipinski definition) is 2. The summed E-state index contributed by atoms with van der Waals surface area (Å²) in [5.41, 5.74) is 3.00. The first kappa shape index (κ1) is 23.1. The molecule has 1 saturated carbocycles. The number of alkyl carbamates (subject to hydrolysis) is 1. The van der Waals surface area contributed by atoms with Gasteiger partial charge in [0.25, 0.3) is 0 Å². The van der Waals surface area contributed by atoms with E-state index in [1.54, 1.807) is 11.0 Å². The highest BCUT2D eigenvalue weighted by atomic mass is 16.5. The number of likely N-dealkylation sites (tertiary alicyclic amines) is 1. The van der Waals surface area contributed by atoms with Gasteiger partial charge in [-0.15, -0.1) is 6.58 Å². The Hall–Kier alpha value is -3.61. The predicted molar refractivity (Wildman–Crippen MR) is 131 cm³/mol. The van der Waals surface area contributed by atoms with E-state index in [0.717, 1.165) is 17.5 Å². The van der Waals surface area contributed by atoms with Crippen LogP contribution >= 0.6 is 0 Å². The van der Waals surface area contributed by atoms with Gasteiger partial charge in [0.15, 0.2) is 0 Å². The highest BCUT2D eigenvalue weighted by Crippen LogP contribution is 2.46. The lowest BCUT2D eigenvalue weighted by Gasteiger charge is -2.52. The summed E-state index contributed by atoms with van der Waals surface area (Å²) in [5, 5.41) is 12.4. The molecule has 0 aromatic heterocycles. The average molecular weight is 475 g/mol. The molecule has 0 radical (unpaired) electrons. The van der Waals surface area contributed by atoms with Gasteiger partial charge in [0.2, 0.25) is 5.91 Å². The largest absolute Gasteiger partial charge is 0.481 e. The molecular weight excluding hydrogens is 444 g/mol. The first-order chi connectivity index (χ1) is 16.9. The molecule has 182 valence electrons. The molecule has 1 saturated heterocycles. The number of fused-ring (bicyclic) bond motifs is 3. The normalized spacial score (nSPS) is 18.9. The zero-order valence-corrected chi connectivity index (χ0v) is 19.7. The van der Waals surface area contributed by atoms with Crippen LogP contribution < -0.4 is 5.32 Å². The Kier molecular flexibility index (Phi) is 5.87. The molecule has 2 fully saturated rings. The van der Waals surface area contributed by atoms with Crippen LogP contribution in [0.2, 0.25) is 0 Å². The van der Waals surface area contributed by atoms with Crippen molar-refractivity contribution in [2.45, 2.75) is 31.6 Å². The highest BCUT2D eigenvalue weighted by molar-refractivity contribution is 5.88. The van der Waals surface area contributed by atoms with E-state index in [2.05, 4.69) is 36.2 Å². The number of nitrogens with one attached hydrogen (secondary N) is 1. The molecule has 0 atom stereocenters. The molecule has 2 aliphatic carbocycles. The third kappa shape index (κ3) is 3.89. The third-order valence-electron chi connectivity index (χ3n) is 7.94. The predicted octanol–water partition coefficient (Wildman–Crippen LogP) is 4.18. The summed E-state index contributed by atoms with van der Waals surface area (Å²) in [6.45, 7) is 4.42. The van der Waals surface area contributed by atoms with E-state index in [4.69, 9.17) is 4.74 Å². The van der Waals surface area contributed by atoms with Gasteiger partial charge in [-0.25, -0.2) is 4.79 Å². The van der Waals surface area contributed by atoms with Crippen molar-refractivity contribution in [3.8, 4) is 11.1 Å². The molecule has 3 aliphatic rings. The Balaban J connectivity index is 1.18. The molecule has 0 unspecified atom stereocenters. The highest BCUT2D eigenvalue weighted by Gasteiger charge is 2.55. The summed E-state index contributed by atoms with van der Waals surface area (Å²) >= 11 is 0. The molecule has 0 spiro atoms. The van der Waals surface area contributed by atoms with Crippen LogP contribution in [0, 0.1) is 10.8 Å². The van der Waals surface area contributed by atoms with E-state index in [1.807, 2.05) is 24.3 Å².